The molecule has 7 nitrogen and oxygen atoms in total. The van der Waals surface area contributed by atoms with E-state index in [0.29, 0.717) is 24.2 Å². The molecule has 0 radical (unpaired) electrons. The largest absolute Gasteiger partial charge is 0.478 e. The molecular formula is C20H19N5O2S. The molecule has 1 aromatic carbocycles. The summed E-state index contributed by atoms with van der Waals surface area (Å²) in [6, 6.07) is 6.26. The Kier molecular flexibility index (Phi) is 4.87. The van der Waals surface area contributed by atoms with Crippen LogP contribution in [0, 0.1) is 6.92 Å². The van der Waals surface area contributed by atoms with Crippen molar-refractivity contribution in [2.24, 2.45) is 0 Å². The number of aliphatic carboxylic acids is 1. The molecule has 0 amide bonds. The number of nitrogens with one attached hydrogen (secondary N) is 1. The van der Waals surface area contributed by atoms with Gasteiger partial charge in [-0.3, -0.25) is 0 Å². The third-order valence-electron chi connectivity index (χ3n) is 4.63. The molecule has 142 valence electrons. The minimum atomic E-state index is -0.905. The Morgan fingerprint density at radius 3 is 2.89 bits per heavy atom. The van der Waals surface area contributed by atoms with Crippen LogP contribution in [0.2, 0.25) is 0 Å². The summed E-state index contributed by atoms with van der Waals surface area (Å²) in [5.41, 5.74) is 4.10. The quantitative estimate of drug-likeness (QED) is 0.493. The summed E-state index contributed by atoms with van der Waals surface area (Å²) >= 11 is 1.60. The molecular weight excluding hydrogens is 374 g/mol. The van der Waals surface area contributed by atoms with Gasteiger partial charge in [0.05, 0.1) is 17.7 Å². The normalized spacial score (nSPS) is 12.9. The van der Waals surface area contributed by atoms with Crippen LogP contribution >= 0.6 is 11.8 Å². The SMILES string of the molecule is CC/C(=C\c1ncn(Cc2ccc3c(c2)Nc2nccnc2S3)c1C)C(=O)O. The van der Waals surface area contributed by atoms with Crippen molar-refractivity contribution in [3.63, 3.8) is 0 Å². The average Bonchev–Trinajstić information content (AvgIpc) is 3.03. The molecule has 1 aliphatic heterocycles. The maximum Gasteiger partial charge on any atom is 0.331 e. The highest BCUT2D eigenvalue weighted by atomic mass is 32.2. The van der Waals surface area contributed by atoms with E-state index in [-0.39, 0.29) is 0 Å². The van der Waals surface area contributed by atoms with E-state index in [2.05, 4.69) is 38.5 Å². The van der Waals surface area contributed by atoms with Gasteiger partial charge >= 0.3 is 5.97 Å². The zero-order valence-corrected chi connectivity index (χ0v) is 16.3. The molecule has 2 N–H and O–H groups in total. The summed E-state index contributed by atoms with van der Waals surface area (Å²) in [4.78, 5) is 25.4. The number of carboxylic acid groups (broad SMARTS) is 1. The van der Waals surface area contributed by atoms with Gasteiger partial charge in [-0.25, -0.2) is 19.7 Å². The number of fused-ring (bicyclic) bond motifs is 2. The standard InChI is InChI=1S/C20H19N5O2S/c1-3-14(20(26)27)9-15-12(2)25(11-23-15)10-13-4-5-17-16(8-13)24-18-19(28-17)22-7-6-21-18/h4-9,11H,3,10H2,1-2H3,(H,21,24)(H,26,27)/b14-9+. The van der Waals surface area contributed by atoms with E-state index in [1.54, 1.807) is 36.6 Å². The van der Waals surface area contributed by atoms with Crippen LogP contribution in [0.15, 0.2) is 52.4 Å². The Morgan fingerprint density at radius 1 is 1.29 bits per heavy atom. The maximum absolute atomic E-state index is 11.2. The molecule has 0 bridgehead atoms. The second-order valence-corrected chi connectivity index (χ2v) is 7.47. The maximum atomic E-state index is 11.2. The van der Waals surface area contributed by atoms with Crippen molar-refractivity contribution in [1.29, 1.82) is 0 Å². The van der Waals surface area contributed by atoms with E-state index in [4.69, 9.17) is 0 Å². The summed E-state index contributed by atoms with van der Waals surface area (Å²) in [6.07, 6.45) is 7.22. The number of hydrogen-bond donors (Lipinski definition) is 2. The molecule has 3 aromatic rings. The van der Waals surface area contributed by atoms with Crippen LogP contribution in [-0.2, 0) is 11.3 Å². The van der Waals surface area contributed by atoms with Crippen LogP contribution in [0.5, 0.6) is 0 Å². The van der Waals surface area contributed by atoms with Crippen molar-refractivity contribution in [2.75, 3.05) is 5.32 Å². The van der Waals surface area contributed by atoms with Gasteiger partial charge in [0, 0.05) is 35.1 Å². The first-order chi connectivity index (χ1) is 13.5. The fraction of sp³-hybridized carbons (Fsp3) is 0.200. The monoisotopic (exact) mass is 393 g/mol. The summed E-state index contributed by atoms with van der Waals surface area (Å²) in [5.74, 6) is -0.137. The van der Waals surface area contributed by atoms with Gasteiger partial charge in [0.25, 0.3) is 0 Å². The third-order valence-corrected chi connectivity index (χ3v) is 5.69. The Hall–Kier alpha value is -3.13. The van der Waals surface area contributed by atoms with Crippen molar-refractivity contribution >= 4 is 35.3 Å². The number of hydrogen-bond acceptors (Lipinski definition) is 6. The molecule has 0 fully saturated rings. The first kappa shape index (κ1) is 18.2. The van der Waals surface area contributed by atoms with Gasteiger partial charge in [0.1, 0.15) is 5.03 Å². The molecule has 0 saturated carbocycles. The molecule has 0 atom stereocenters. The lowest BCUT2D eigenvalue weighted by atomic mass is 10.1. The number of carboxylic acids is 1. The van der Waals surface area contributed by atoms with Crippen LogP contribution in [0.1, 0.15) is 30.3 Å². The molecule has 0 aliphatic carbocycles. The summed E-state index contributed by atoms with van der Waals surface area (Å²) in [6.45, 7) is 4.42. The zero-order valence-electron chi connectivity index (χ0n) is 15.5. The lowest BCUT2D eigenvalue weighted by Gasteiger charge is -2.19. The van der Waals surface area contributed by atoms with Crippen LogP contribution in [0.4, 0.5) is 11.5 Å². The second kappa shape index (κ2) is 7.47. The minimum Gasteiger partial charge on any atom is -0.478 e. The fourth-order valence-corrected chi connectivity index (χ4v) is 3.89. The van der Waals surface area contributed by atoms with Gasteiger partial charge in [0.15, 0.2) is 5.82 Å². The van der Waals surface area contributed by atoms with Gasteiger partial charge < -0.3 is 15.0 Å². The number of benzene rings is 1. The van der Waals surface area contributed by atoms with Crippen LogP contribution in [-0.4, -0.2) is 30.6 Å². The number of carbonyl (C=O) groups is 1. The van der Waals surface area contributed by atoms with Crippen molar-refractivity contribution < 1.29 is 9.90 Å². The topological polar surface area (TPSA) is 92.9 Å². The predicted octanol–water partition coefficient (Wildman–Crippen LogP) is 4.12. The van der Waals surface area contributed by atoms with Gasteiger partial charge in [-0.15, -0.1) is 0 Å². The van der Waals surface area contributed by atoms with Gasteiger partial charge in [0.2, 0.25) is 0 Å². The van der Waals surface area contributed by atoms with Crippen LogP contribution in [0.25, 0.3) is 6.08 Å². The Morgan fingerprint density at radius 2 is 2.11 bits per heavy atom. The van der Waals surface area contributed by atoms with Crippen molar-refractivity contribution in [3.8, 4) is 0 Å². The van der Waals surface area contributed by atoms with Crippen LogP contribution in [0.3, 0.4) is 0 Å². The number of aromatic nitrogens is 4. The molecule has 28 heavy (non-hydrogen) atoms. The highest BCUT2D eigenvalue weighted by Crippen LogP contribution is 2.42. The fourth-order valence-electron chi connectivity index (χ4n) is 3.02. The summed E-state index contributed by atoms with van der Waals surface area (Å²) in [5, 5.41) is 13.4. The molecule has 8 heteroatoms. The highest BCUT2D eigenvalue weighted by Gasteiger charge is 2.18. The number of rotatable bonds is 5. The summed E-state index contributed by atoms with van der Waals surface area (Å²) < 4.78 is 2.02. The zero-order chi connectivity index (χ0) is 19.7. The van der Waals surface area contributed by atoms with Crippen molar-refractivity contribution in [2.45, 2.75) is 36.7 Å². The van der Waals surface area contributed by atoms with E-state index in [1.807, 2.05) is 18.4 Å². The van der Waals surface area contributed by atoms with Gasteiger partial charge in [-0.2, -0.15) is 0 Å². The average molecular weight is 393 g/mol. The molecule has 2 aromatic heterocycles. The Balaban J connectivity index is 1.57. The van der Waals surface area contributed by atoms with Gasteiger partial charge in [-0.05, 0) is 37.1 Å². The van der Waals surface area contributed by atoms with Crippen molar-refractivity contribution in [1.82, 2.24) is 19.5 Å². The van der Waals surface area contributed by atoms with E-state index >= 15 is 0 Å². The third kappa shape index (κ3) is 3.50. The van der Waals surface area contributed by atoms with E-state index in [9.17, 15) is 9.90 Å². The Bertz CT molecular complexity index is 1090. The molecule has 1 aliphatic rings. The van der Waals surface area contributed by atoms with Crippen LogP contribution < -0.4 is 5.32 Å². The molecule has 3 heterocycles. The molecule has 0 spiro atoms. The molecule has 4 rings (SSSR count). The predicted molar refractivity (Wildman–Crippen MR) is 108 cm³/mol. The number of imidazole rings is 1. The summed E-state index contributed by atoms with van der Waals surface area (Å²) in [7, 11) is 0. The highest BCUT2D eigenvalue weighted by molar-refractivity contribution is 7.99. The van der Waals surface area contributed by atoms with Crippen molar-refractivity contribution in [3.05, 3.63) is 59.4 Å². The molecule has 0 unspecified atom stereocenters. The Labute approximate surface area is 166 Å². The number of anilines is 2. The van der Waals surface area contributed by atoms with E-state index < -0.39 is 5.97 Å². The second-order valence-electron chi connectivity index (χ2n) is 6.44. The lowest BCUT2D eigenvalue weighted by molar-refractivity contribution is -0.132. The van der Waals surface area contributed by atoms with E-state index in [0.717, 1.165) is 32.7 Å². The van der Waals surface area contributed by atoms with Gasteiger partial charge in [-0.1, -0.05) is 24.8 Å². The molecule has 0 saturated heterocycles. The minimum absolute atomic E-state index is 0.350. The van der Waals surface area contributed by atoms with E-state index in [1.165, 1.54) is 0 Å². The first-order valence-corrected chi connectivity index (χ1v) is 9.71. The smallest absolute Gasteiger partial charge is 0.331 e. The first-order valence-electron chi connectivity index (χ1n) is 8.89. The lowest BCUT2D eigenvalue weighted by Crippen LogP contribution is -2.06. The number of nitrogens with zero attached hydrogens (tertiary/aromatic N) is 4.